The number of imidazole rings is 1. The number of rotatable bonds is 4. The molecule has 0 spiro atoms. The molecule has 4 fully saturated rings. The molecule has 0 radical (unpaired) electrons. The Morgan fingerprint density at radius 3 is 2.50 bits per heavy atom. The summed E-state index contributed by atoms with van der Waals surface area (Å²) in [7, 11) is 0. The van der Waals surface area contributed by atoms with Gasteiger partial charge in [-0.1, -0.05) is 0 Å². The van der Waals surface area contributed by atoms with Crippen LogP contribution in [0.2, 0.25) is 0 Å². The highest BCUT2D eigenvalue weighted by Gasteiger charge is 2.59. The molecule has 4 aliphatic rings. The van der Waals surface area contributed by atoms with Crippen molar-refractivity contribution in [2.24, 2.45) is 11.8 Å². The summed E-state index contributed by atoms with van der Waals surface area (Å²) in [5.41, 5.74) is 5.10. The van der Waals surface area contributed by atoms with Gasteiger partial charge in [-0.2, -0.15) is 13.2 Å². The van der Waals surface area contributed by atoms with Gasteiger partial charge in [0.15, 0.2) is 0 Å². The molecular weight excluding hydrogens is 345 g/mol. The molecule has 0 saturated heterocycles. The standard InChI is InChI=1S/C18H19F3N4O/c19-18(20,21)12-3-11(7-23-15(12)22)13-8-25(17-4-9(5-17)6-17)16(24-13)14(26)10-1-2-10/h3,7-10,14,26H,1-2,4-6H2,(H2,22,23)/t9?,14-,17?/m1/s1. The average Bonchev–Trinajstić information content (AvgIpc) is 3.24. The lowest BCUT2D eigenvalue weighted by molar-refractivity contribution is -0.137. The summed E-state index contributed by atoms with van der Waals surface area (Å²) < 4.78 is 41.5. The van der Waals surface area contributed by atoms with Gasteiger partial charge in [0.2, 0.25) is 0 Å². The number of hydrogen-bond donors (Lipinski definition) is 2. The van der Waals surface area contributed by atoms with Gasteiger partial charge >= 0.3 is 6.18 Å². The number of pyridine rings is 1. The summed E-state index contributed by atoms with van der Waals surface area (Å²) in [6, 6.07) is 0.990. The third kappa shape index (κ3) is 2.27. The maximum atomic E-state index is 13.1. The molecule has 6 rings (SSSR count). The second-order valence-corrected chi connectivity index (χ2v) is 7.99. The first-order valence-corrected chi connectivity index (χ1v) is 8.88. The van der Waals surface area contributed by atoms with Crippen LogP contribution in [-0.2, 0) is 11.7 Å². The van der Waals surface area contributed by atoms with E-state index in [4.69, 9.17) is 5.73 Å². The predicted molar refractivity (Wildman–Crippen MR) is 87.9 cm³/mol. The number of aliphatic hydroxyl groups is 1. The van der Waals surface area contributed by atoms with E-state index in [0.29, 0.717) is 11.5 Å². The molecule has 0 amide bonds. The van der Waals surface area contributed by atoms with Gasteiger partial charge in [-0.05, 0) is 50.0 Å². The van der Waals surface area contributed by atoms with Crippen molar-refractivity contribution in [2.75, 3.05) is 5.73 Å². The van der Waals surface area contributed by atoms with E-state index in [1.54, 1.807) is 6.20 Å². The molecule has 1 atom stereocenters. The van der Waals surface area contributed by atoms with Crippen molar-refractivity contribution in [3.8, 4) is 11.3 Å². The number of halogens is 3. The van der Waals surface area contributed by atoms with Gasteiger partial charge in [0.25, 0.3) is 0 Å². The highest BCUT2D eigenvalue weighted by Crippen LogP contribution is 2.63. The average molecular weight is 364 g/mol. The van der Waals surface area contributed by atoms with E-state index in [0.717, 1.165) is 44.1 Å². The topological polar surface area (TPSA) is 77.0 Å². The van der Waals surface area contributed by atoms with Crippen LogP contribution in [0, 0.1) is 11.8 Å². The SMILES string of the molecule is Nc1ncc(-c2cn(C34CC(C3)C4)c([C@H](O)C3CC3)n2)cc1C(F)(F)F. The summed E-state index contributed by atoms with van der Waals surface area (Å²) in [4.78, 5) is 8.24. The number of hydrogen-bond acceptors (Lipinski definition) is 4. The van der Waals surface area contributed by atoms with Crippen molar-refractivity contribution in [3.05, 3.63) is 29.8 Å². The first-order chi connectivity index (χ1) is 12.3. The fourth-order valence-electron chi connectivity index (χ4n) is 4.32. The van der Waals surface area contributed by atoms with Crippen LogP contribution in [-0.4, -0.2) is 19.6 Å². The zero-order chi connectivity index (χ0) is 18.3. The lowest BCUT2D eigenvalue weighted by Crippen LogP contribution is -2.59. The quantitative estimate of drug-likeness (QED) is 0.871. The van der Waals surface area contributed by atoms with Crippen molar-refractivity contribution >= 4 is 5.82 Å². The Kier molecular flexibility index (Phi) is 3.10. The summed E-state index contributed by atoms with van der Waals surface area (Å²) in [5.74, 6) is 0.970. The molecule has 2 aromatic rings. The Morgan fingerprint density at radius 2 is 1.96 bits per heavy atom. The molecule has 4 aliphatic carbocycles. The van der Waals surface area contributed by atoms with Gasteiger partial charge in [-0.3, -0.25) is 0 Å². The number of nitrogens with zero attached hydrogens (tertiary/aromatic N) is 3. The number of aromatic nitrogens is 3. The van der Waals surface area contributed by atoms with E-state index >= 15 is 0 Å². The monoisotopic (exact) mass is 364 g/mol. The molecule has 138 valence electrons. The molecule has 0 unspecified atom stereocenters. The third-order valence-corrected chi connectivity index (χ3v) is 6.10. The Hall–Kier alpha value is -2.09. The molecular formula is C18H19F3N4O. The van der Waals surface area contributed by atoms with Gasteiger partial charge in [0.05, 0.1) is 11.3 Å². The van der Waals surface area contributed by atoms with Crippen molar-refractivity contribution in [1.82, 2.24) is 14.5 Å². The highest BCUT2D eigenvalue weighted by molar-refractivity contribution is 5.62. The van der Waals surface area contributed by atoms with Crippen LogP contribution < -0.4 is 5.73 Å². The van der Waals surface area contributed by atoms with E-state index in [-0.39, 0.29) is 17.0 Å². The van der Waals surface area contributed by atoms with E-state index in [1.165, 1.54) is 6.20 Å². The normalized spacial score (nSPS) is 28.4. The number of nitrogens with two attached hydrogens (primary N) is 1. The second-order valence-electron chi connectivity index (χ2n) is 7.99. The molecule has 4 saturated carbocycles. The van der Waals surface area contributed by atoms with Gasteiger partial charge in [0, 0.05) is 23.5 Å². The minimum Gasteiger partial charge on any atom is -0.385 e. The number of alkyl halides is 3. The molecule has 2 bridgehead atoms. The maximum absolute atomic E-state index is 13.1. The Bertz CT molecular complexity index is 870. The third-order valence-electron chi connectivity index (χ3n) is 6.10. The Balaban J connectivity index is 1.58. The lowest BCUT2D eigenvalue weighted by Gasteiger charge is -2.62. The van der Waals surface area contributed by atoms with E-state index in [2.05, 4.69) is 9.97 Å². The van der Waals surface area contributed by atoms with Crippen LogP contribution in [0.3, 0.4) is 0 Å². The fraction of sp³-hybridized carbons (Fsp3) is 0.556. The molecule has 2 aromatic heterocycles. The van der Waals surface area contributed by atoms with Gasteiger partial charge < -0.3 is 15.4 Å². The molecule has 8 heteroatoms. The summed E-state index contributed by atoms with van der Waals surface area (Å²) in [6.45, 7) is 0. The Morgan fingerprint density at radius 1 is 1.27 bits per heavy atom. The van der Waals surface area contributed by atoms with E-state index < -0.39 is 23.7 Å². The zero-order valence-corrected chi connectivity index (χ0v) is 14.0. The first kappa shape index (κ1) is 16.1. The molecule has 0 aliphatic heterocycles. The molecule has 5 nitrogen and oxygen atoms in total. The van der Waals surface area contributed by atoms with E-state index in [1.807, 2.05) is 4.57 Å². The van der Waals surface area contributed by atoms with Crippen LogP contribution in [0.1, 0.15) is 49.6 Å². The van der Waals surface area contributed by atoms with Crippen LogP contribution in [0.4, 0.5) is 19.0 Å². The molecule has 26 heavy (non-hydrogen) atoms. The number of nitrogen functional groups attached to an aromatic ring is 1. The molecule has 2 heterocycles. The lowest BCUT2D eigenvalue weighted by atomic mass is 9.49. The highest BCUT2D eigenvalue weighted by atomic mass is 19.4. The summed E-state index contributed by atoms with van der Waals surface area (Å²) in [6.07, 6.45) is 2.95. The smallest absolute Gasteiger partial charge is 0.385 e. The van der Waals surface area contributed by atoms with Crippen molar-refractivity contribution in [2.45, 2.75) is 49.9 Å². The maximum Gasteiger partial charge on any atom is 0.419 e. The Labute approximate surface area is 148 Å². The number of anilines is 1. The minimum absolute atomic E-state index is 0.00475. The van der Waals surface area contributed by atoms with Gasteiger partial charge in [-0.15, -0.1) is 0 Å². The van der Waals surface area contributed by atoms with Crippen LogP contribution >= 0.6 is 0 Å². The molecule has 3 N–H and O–H groups in total. The minimum atomic E-state index is -4.57. The van der Waals surface area contributed by atoms with E-state index in [9.17, 15) is 18.3 Å². The predicted octanol–water partition coefficient (Wildman–Crippen LogP) is 3.50. The van der Waals surface area contributed by atoms with Crippen LogP contribution in [0.15, 0.2) is 18.5 Å². The summed E-state index contributed by atoms with van der Waals surface area (Å²) >= 11 is 0. The fourth-order valence-corrected chi connectivity index (χ4v) is 4.32. The zero-order valence-electron chi connectivity index (χ0n) is 14.0. The number of aliphatic hydroxyl groups excluding tert-OH is 1. The summed E-state index contributed by atoms with van der Waals surface area (Å²) in [5, 5.41) is 10.6. The second kappa shape index (κ2) is 5.00. The van der Waals surface area contributed by atoms with Crippen molar-refractivity contribution in [3.63, 3.8) is 0 Å². The molecule has 0 aromatic carbocycles. The van der Waals surface area contributed by atoms with Crippen LogP contribution in [0.25, 0.3) is 11.3 Å². The first-order valence-electron chi connectivity index (χ1n) is 8.88. The van der Waals surface area contributed by atoms with Gasteiger partial charge in [0.1, 0.15) is 17.7 Å². The van der Waals surface area contributed by atoms with Gasteiger partial charge in [-0.25, -0.2) is 9.97 Å². The van der Waals surface area contributed by atoms with Crippen LogP contribution in [0.5, 0.6) is 0 Å². The van der Waals surface area contributed by atoms with Crippen molar-refractivity contribution in [1.29, 1.82) is 0 Å². The largest absolute Gasteiger partial charge is 0.419 e. The van der Waals surface area contributed by atoms with Crippen molar-refractivity contribution < 1.29 is 18.3 Å².